The molecule has 4 nitrogen and oxygen atoms in total. The molecule has 5 heteroatoms. The maximum absolute atomic E-state index is 5.88. The lowest BCUT2D eigenvalue weighted by atomic mass is 9.81. The molecule has 0 spiro atoms. The van der Waals surface area contributed by atoms with Gasteiger partial charge in [0.25, 0.3) is 0 Å². The summed E-state index contributed by atoms with van der Waals surface area (Å²) in [4.78, 5) is 4.60. The van der Waals surface area contributed by atoms with Crippen molar-refractivity contribution in [3.63, 3.8) is 0 Å². The van der Waals surface area contributed by atoms with E-state index in [2.05, 4.69) is 44.1 Å². The van der Waals surface area contributed by atoms with Gasteiger partial charge in [-0.2, -0.15) is 16.7 Å². The molecule has 0 unspecified atom stereocenters. The molecular formula is C14H24N2O2S. The fourth-order valence-corrected chi connectivity index (χ4v) is 3.27. The van der Waals surface area contributed by atoms with Crippen LogP contribution >= 0.6 is 11.8 Å². The first-order chi connectivity index (χ1) is 8.93. The Hall–Kier alpha value is -0.550. The number of nitrogens with zero attached hydrogens (tertiary/aromatic N) is 2. The van der Waals surface area contributed by atoms with E-state index < -0.39 is 0 Å². The molecule has 3 atom stereocenters. The van der Waals surface area contributed by atoms with Gasteiger partial charge in [-0.05, 0) is 18.1 Å². The van der Waals surface area contributed by atoms with Gasteiger partial charge in [-0.25, -0.2) is 0 Å². The first-order valence-electron chi connectivity index (χ1n) is 6.87. The van der Waals surface area contributed by atoms with Crippen molar-refractivity contribution in [2.75, 3.05) is 18.6 Å². The van der Waals surface area contributed by atoms with Gasteiger partial charge < -0.3 is 9.26 Å². The smallest absolute Gasteiger partial charge is 0.230 e. The van der Waals surface area contributed by atoms with Crippen LogP contribution in [0.2, 0.25) is 0 Å². The maximum atomic E-state index is 5.88. The topological polar surface area (TPSA) is 48.2 Å². The first kappa shape index (κ1) is 14.9. The zero-order valence-corrected chi connectivity index (χ0v) is 13.3. The molecule has 0 saturated carbocycles. The molecule has 2 rings (SSSR count). The molecule has 0 amide bonds. The average molecular weight is 284 g/mol. The second-order valence-electron chi connectivity index (χ2n) is 6.40. The van der Waals surface area contributed by atoms with E-state index in [0.717, 1.165) is 30.5 Å². The quantitative estimate of drug-likeness (QED) is 0.847. The van der Waals surface area contributed by atoms with Gasteiger partial charge in [0.15, 0.2) is 5.82 Å². The van der Waals surface area contributed by atoms with Crippen molar-refractivity contribution in [2.45, 2.75) is 52.1 Å². The van der Waals surface area contributed by atoms with E-state index >= 15 is 0 Å². The molecule has 0 bridgehead atoms. The minimum Gasteiger partial charge on any atom is -0.377 e. The zero-order valence-electron chi connectivity index (χ0n) is 12.5. The van der Waals surface area contributed by atoms with Gasteiger partial charge in [0.1, 0.15) is 0 Å². The summed E-state index contributed by atoms with van der Waals surface area (Å²) in [5, 5.41) is 4.19. The maximum Gasteiger partial charge on any atom is 0.230 e. The predicted octanol–water partition coefficient (Wildman–Crippen LogP) is 3.45. The molecule has 1 fully saturated rings. The van der Waals surface area contributed by atoms with Gasteiger partial charge in [-0.15, -0.1) is 0 Å². The third-order valence-electron chi connectivity index (χ3n) is 3.57. The fourth-order valence-electron chi connectivity index (χ4n) is 2.63. The van der Waals surface area contributed by atoms with Crippen LogP contribution in [0.1, 0.15) is 57.7 Å². The summed E-state index contributed by atoms with van der Waals surface area (Å²) in [5.74, 6) is 3.15. The van der Waals surface area contributed by atoms with Gasteiger partial charge in [-0.3, -0.25) is 0 Å². The van der Waals surface area contributed by atoms with Crippen LogP contribution in [0, 0.1) is 5.41 Å². The molecule has 0 aliphatic carbocycles. The summed E-state index contributed by atoms with van der Waals surface area (Å²) < 4.78 is 11.3. The highest BCUT2D eigenvalue weighted by molar-refractivity contribution is 7.98. The Morgan fingerprint density at radius 1 is 1.42 bits per heavy atom. The molecule has 1 aliphatic rings. The van der Waals surface area contributed by atoms with Gasteiger partial charge in [0.05, 0.1) is 12.0 Å². The second-order valence-corrected chi connectivity index (χ2v) is 7.31. The van der Waals surface area contributed by atoms with Crippen LogP contribution in [0.15, 0.2) is 4.52 Å². The summed E-state index contributed by atoms with van der Waals surface area (Å²) in [6.45, 7) is 9.52. The third kappa shape index (κ3) is 3.31. The van der Waals surface area contributed by atoms with Crippen LogP contribution in [-0.4, -0.2) is 34.9 Å². The van der Waals surface area contributed by atoms with Crippen molar-refractivity contribution < 1.29 is 9.26 Å². The Balaban J connectivity index is 2.14. The largest absolute Gasteiger partial charge is 0.377 e. The molecule has 0 aromatic carbocycles. The Labute approximate surface area is 119 Å². The van der Waals surface area contributed by atoms with Gasteiger partial charge >= 0.3 is 0 Å². The third-order valence-corrected chi connectivity index (χ3v) is 4.41. The van der Waals surface area contributed by atoms with Crippen LogP contribution in [0.25, 0.3) is 0 Å². The van der Waals surface area contributed by atoms with E-state index in [4.69, 9.17) is 9.26 Å². The molecule has 0 N–H and O–H groups in total. The van der Waals surface area contributed by atoms with Crippen LogP contribution in [-0.2, 0) is 4.74 Å². The molecule has 1 aromatic heterocycles. The van der Waals surface area contributed by atoms with Crippen molar-refractivity contribution in [3.8, 4) is 0 Å². The van der Waals surface area contributed by atoms with Gasteiger partial charge in [-0.1, -0.05) is 32.9 Å². The van der Waals surface area contributed by atoms with Crippen molar-refractivity contribution in [1.82, 2.24) is 10.1 Å². The van der Waals surface area contributed by atoms with E-state index in [9.17, 15) is 0 Å². The minimum atomic E-state index is 0.104. The average Bonchev–Trinajstić information content (AvgIpc) is 2.97. The summed E-state index contributed by atoms with van der Waals surface area (Å²) in [6, 6.07) is 0. The van der Waals surface area contributed by atoms with Crippen molar-refractivity contribution in [1.29, 1.82) is 0 Å². The Bertz CT molecular complexity index is 414. The highest BCUT2D eigenvalue weighted by Crippen LogP contribution is 2.40. The normalized spacial score (nSPS) is 25.7. The van der Waals surface area contributed by atoms with Crippen LogP contribution in [0.3, 0.4) is 0 Å². The van der Waals surface area contributed by atoms with Gasteiger partial charge in [0.2, 0.25) is 5.89 Å². The number of thioether (sulfide) groups is 1. The van der Waals surface area contributed by atoms with Crippen LogP contribution in [0.4, 0.5) is 0 Å². The number of hydrogen-bond donors (Lipinski definition) is 0. The summed E-state index contributed by atoms with van der Waals surface area (Å²) in [5.41, 5.74) is 0.104. The van der Waals surface area contributed by atoms with Gasteiger partial charge in [0, 0.05) is 18.3 Å². The monoisotopic (exact) mass is 284 g/mol. The van der Waals surface area contributed by atoms with E-state index in [-0.39, 0.29) is 17.4 Å². The fraction of sp³-hybridized carbons (Fsp3) is 0.857. The van der Waals surface area contributed by atoms with E-state index in [0.29, 0.717) is 5.92 Å². The van der Waals surface area contributed by atoms with E-state index in [1.165, 1.54) is 0 Å². The summed E-state index contributed by atoms with van der Waals surface area (Å²) in [7, 11) is 0. The summed E-state index contributed by atoms with van der Waals surface area (Å²) in [6.07, 6.45) is 3.25. The standard InChI is InChI=1S/C14H24N2O2S/c1-9(8-19-5)13-15-12(16-18-13)10-6-7-17-11(10)14(2,3)4/h9-11H,6-8H2,1-5H3/t9-,10+,11+/m1/s1. The van der Waals surface area contributed by atoms with E-state index in [1.807, 2.05) is 0 Å². The van der Waals surface area contributed by atoms with Crippen molar-refractivity contribution in [3.05, 3.63) is 11.7 Å². The zero-order chi connectivity index (χ0) is 14.0. The number of hydrogen-bond acceptors (Lipinski definition) is 5. The molecule has 2 heterocycles. The highest BCUT2D eigenvalue weighted by Gasteiger charge is 2.40. The minimum absolute atomic E-state index is 0.104. The van der Waals surface area contributed by atoms with Crippen LogP contribution < -0.4 is 0 Å². The van der Waals surface area contributed by atoms with E-state index in [1.54, 1.807) is 11.8 Å². The van der Waals surface area contributed by atoms with Crippen molar-refractivity contribution in [2.24, 2.45) is 5.41 Å². The number of aromatic nitrogens is 2. The molecular weight excluding hydrogens is 260 g/mol. The first-order valence-corrected chi connectivity index (χ1v) is 8.27. The number of ether oxygens (including phenoxy) is 1. The number of rotatable bonds is 4. The Kier molecular flexibility index (Phi) is 4.56. The molecule has 0 radical (unpaired) electrons. The molecule has 1 saturated heterocycles. The molecule has 19 heavy (non-hydrogen) atoms. The predicted molar refractivity (Wildman–Crippen MR) is 77.6 cm³/mol. The lowest BCUT2D eigenvalue weighted by Crippen LogP contribution is -2.30. The lowest BCUT2D eigenvalue weighted by Gasteiger charge is -2.29. The second kappa shape index (κ2) is 5.83. The molecule has 1 aliphatic heterocycles. The SMILES string of the molecule is CSC[C@@H](C)c1nc([C@H]2CCO[C@@H]2C(C)(C)C)no1. The van der Waals surface area contributed by atoms with Crippen LogP contribution in [0.5, 0.6) is 0 Å². The Morgan fingerprint density at radius 3 is 2.79 bits per heavy atom. The lowest BCUT2D eigenvalue weighted by molar-refractivity contribution is 0.0193. The Morgan fingerprint density at radius 2 is 2.16 bits per heavy atom. The highest BCUT2D eigenvalue weighted by atomic mass is 32.2. The molecule has 1 aromatic rings. The summed E-state index contributed by atoms with van der Waals surface area (Å²) >= 11 is 1.80. The van der Waals surface area contributed by atoms with Crippen molar-refractivity contribution >= 4 is 11.8 Å². The molecule has 108 valence electrons.